The Morgan fingerprint density at radius 1 is 1.11 bits per heavy atom. The molecule has 2 aromatic rings. The summed E-state index contributed by atoms with van der Waals surface area (Å²) < 4.78 is 30.2. The second-order valence-corrected chi connectivity index (χ2v) is 10.3. The highest BCUT2D eigenvalue weighted by Crippen LogP contribution is 2.35. The van der Waals surface area contributed by atoms with Crippen LogP contribution < -0.4 is 4.90 Å². The van der Waals surface area contributed by atoms with Gasteiger partial charge in [0.25, 0.3) is 0 Å². The highest BCUT2D eigenvalue weighted by atomic mass is 32.2. The molecule has 7 heteroatoms. The summed E-state index contributed by atoms with van der Waals surface area (Å²) in [7, 11) is -3.46. The minimum atomic E-state index is -3.46. The normalized spacial score (nSPS) is 19.4. The summed E-state index contributed by atoms with van der Waals surface area (Å²) in [6.45, 7) is 10.3. The average molecular weight is 405 g/mol. The van der Waals surface area contributed by atoms with Gasteiger partial charge in [0.1, 0.15) is 0 Å². The molecule has 154 valence electrons. The van der Waals surface area contributed by atoms with Crippen molar-refractivity contribution in [2.45, 2.75) is 57.9 Å². The van der Waals surface area contributed by atoms with Gasteiger partial charge in [-0.3, -0.25) is 4.68 Å². The van der Waals surface area contributed by atoms with Crippen molar-refractivity contribution >= 4 is 26.7 Å². The molecule has 0 atom stereocenters. The van der Waals surface area contributed by atoms with Gasteiger partial charge in [-0.25, -0.2) is 8.42 Å². The molecule has 1 aliphatic heterocycles. The lowest BCUT2D eigenvalue weighted by Crippen LogP contribution is -2.37. The zero-order valence-corrected chi connectivity index (χ0v) is 18.1. The van der Waals surface area contributed by atoms with Gasteiger partial charge in [-0.15, -0.1) is 0 Å². The van der Waals surface area contributed by atoms with Crippen molar-refractivity contribution in [2.24, 2.45) is 11.8 Å². The number of nitrogens with zero attached hydrogens (tertiary/aromatic N) is 4. The first-order valence-electron chi connectivity index (χ1n) is 10.7. The fourth-order valence-corrected chi connectivity index (χ4v) is 5.61. The molecule has 0 amide bonds. The molecule has 0 radical (unpaired) electrons. The third-order valence-electron chi connectivity index (χ3n) is 6.27. The molecule has 0 bridgehead atoms. The molecule has 1 aliphatic carbocycles. The van der Waals surface area contributed by atoms with Gasteiger partial charge in [-0.2, -0.15) is 9.40 Å². The fourth-order valence-electron chi connectivity index (χ4n) is 4.12. The Balaban J connectivity index is 1.75. The number of anilines is 1. The number of hydrogen-bond donors (Lipinski definition) is 0. The number of piperidine rings is 1. The van der Waals surface area contributed by atoms with Crippen LogP contribution in [-0.4, -0.2) is 48.7 Å². The summed E-state index contributed by atoms with van der Waals surface area (Å²) in [5, 5.41) is 5.85. The molecular formula is C21H32N4O2S. The number of rotatable bonds is 7. The molecule has 0 N–H and O–H groups in total. The summed E-state index contributed by atoms with van der Waals surface area (Å²) in [5.74, 6) is 2.22. The Bertz CT molecular complexity index is 937. The Morgan fingerprint density at radius 2 is 1.79 bits per heavy atom. The summed E-state index contributed by atoms with van der Waals surface area (Å²) in [4.78, 5) is 2.61. The minimum absolute atomic E-state index is 0.397. The van der Waals surface area contributed by atoms with Crippen LogP contribution in [0.15, 0.2) is 23.1 Å². The Labute approximate surface area is 168 Å². The molecule has 1 saturated heterocycles. The third kappa shape index (κ3) is 3.66. The van der Waals surface area contributed by atoms with Crippen molar-refractivity contribution in [1.29, 1.82) is 0 Å². The van der Waals surface area contributed by atoms with Crippen LogP contribution in [0.2, 0.25) is 0 Å². The monoisotopic (exact) mass is 404 g/mol. The molecule has 1 aromatic heterocycles. The van der Waals surface area contributed by atoms with E-state index in [1.165, 1.54) is 12.8 Å². The largest absolute Gasteiger partial charge is 0.355 e. The van der Waals surface area contributed by atoms with E-state index in [0.29, 0.717) is 29.8 Å². The van der Waals surface area contributed by atoms with E-state index in [0.717, 1.165) is 49.2 Å². The highest BCUT2D eigenvalue weighted by molar-refractivity contribution is 7.89. The maximum absolute atomic E-state index is 13.2. The van der Waals surface area contributed by atoms with Gasteiger partial charge < -0.3 is 4.90 Å². The fraction of sp³-hybridized carbons (Fsp3) is 0.667. The molecule has 28 heavy (non-hydrogen) atoms. The van der Waals surface area contributed by atoms with Gasteiger partial charge in [0.05, 0.1) is 10.4 Å². The number of sulfonamides is 1. The second kappa shape index (κ2) is 7.67. The molecule has 2 fully saturated rings. The standard InChI is InChI=1S/C21H32N4O2S/c1-4-23(5-2)21-19-14-18(28(26,27)24-12-10-16(3)11-13-24)8-9-20(19)25(22-21)15-17-6-7-17/h8-9,14,16-17H,4-7,10-13,15H2,1-3H3. The SMILES string of the molecule is CCN(CC)c1nn(CC2CC2)c2ccc(S(=O)(=O)N3CCC(C)CC3)cc12. The zero-order chi connectivity index (χ0) is 19.9. The molecule has 2 heterocycles. The first-order chi connectivity index (χ1) is 13.4. The van der Waals surface area contributed by atoms with E-state index < -0.39 is 10.0 Å². The first kappa shape index (κ1) is 19.7. The second-order valence-electron chi connectivity index (χ2n) is 8.39. The van der Waals surface area contributed by atoms with Crippen molar-refractivity contribution in [3.05, 3.63) is 18.2 Å². The van der Waals surface area contributed by atoms with Crippen LogP contribution in [-0.2, 0) is 16.6 Å². The highest BCUT2D eigenvalue weighted by Gasteiger charge is 2.30. The smallest absolute Gasteiger partial charge is 0.243 e. The Morgan fingerprint density at radius 3 is 2.39 bits per heavy atom. The Hall–Kier alpha value is -1.60. The summed E-state index contributed by atoms with van der Waals surface area (Å²) in [6.07, 6.45) is 4.40. The van der Waals surface area contributed by atoms with E-state index in [-0.39, 0.29) is 0 Å². The minimum Gasteiger partial charge on any atom is -0.355 e. The Kier molecular flexibility index (Phi) is 5.40. The van der Waals surface area contributed by atoms with Gasteiger partial charge >= 0.3 is 0 Å². The predicted molar refractivity (Wildman–Crippen MR) is 113 cm³/mol. The van der Waals surface area contributed by atoms with Crippen LogP contribution in [0.25, 0.3) is 10.9 Å². The molecule has 0 unspecified atom stereocenters. The zero-order valence-electron chi connectivity index (χ0n) is 17.3. The van der Waals surface area contributed by atoms with Crippen LogP contribution in [0.5, 0.6) is 0 Å². The number of hydrogen-bond acceptors (Lipinski definition) is 4. The van der Waals surface area contributed by atoms with Crippen LogP contribution >= 0.6 is 0 Å². The van der Waals surface area contributed by atoms with Crippen molar-refractivity contribution in [3.63, 3.8) is 0 Å². The van der Waals surface area contributed by atoms with Crippen molar-refractivity contribution in [3.8, 4) is 0 Å². The van der Waals surface area contributed by atoms with Crippen molar-refractivity contribution in [2.75, 3.05) is 31.1 Å². The summed E-state index contributed by atoms with van der Waals surface area (Å²) in [6, 6.07) is 5.58. The third-order valence-corrected chi connectivity index (χ3v) is 8.17. The number of fused-ring (bicyclic) bond motifs is 1. The molecule has 1 saturated carbocycles. The van der Waals surface area contributed by atoms with Gasteiger partial charge in [0.15, 0.2) is 5.82 Å². The van der Waals surface area contributed by atoms with Crippen molar-refractivity contribution in [1.82, 2.24) is 14.1 Å². The lowest BCUT2D eigenvalue weighted by Gasteiger charge is -2.29. The average Bonchev–Trinajstić information content (AvgIpc) is 3.44. The van der Waals surface area contributed by atoms with Gasteiger partial charge in [0, 0.05) is 38.1 Å². The van der Waals surface area contributed by atoms with E-state index in [4.69, 9.17) is 5.10 Å². The van der Waals surface area contributed by atoms with E-state index in [1.54, 1.807) is 10.4 Å². The van der Waals surface area contributed by atoms with Gasteiger partial charge in [-0.1, -0.05) is 6.92 Å². The molecule has 4 rings (SSSR count). The van der Waals surface area contributed by atoms with Crippen LogP contribution in [0, 0.1) is 11.8 Å². The lowest BCUT2D eigenvalue weighted by atomic mass is 10.0. The maximum atomic E-state index is 13.2. The molecular weight excluding hydrogens is 372 g/mol. The van der Waals surface area contributed by atoms with E-state index in [9.17, 15) is 8.42 Å². The topological polar surface area (TPSA) is 58.4 Å². The summed E-state index contributed by atoms with van der Waals surface area (Å²) in [5.41, 5.74) is 1.04. The van der Waals surface area contributed by atoms with E-state index in [2.05, 4.69) is 30.4 Å². The number of benzene rings is 1. The molecule has 1 aromatic carbocycles. The van der Waals surface area contributed by atoms with Crippen LogP contribution in [0.3, 0.4) is 0 Å². The van der Waals surface area contributed by atoms with Crippen LogP contribution in [0.1, 0.15) is 46.5 Å². The quantitative estimate of drug-likeness (QED) is 0.706. The van der Waals surface area contributed by atoms with Gasteiger partial charge in [-0.05, 0) is 69.6 Å². The first-order valence-corrected chi connectivity index (χ1v) is 12.1. The predicted octanol–water partition coefficient (Wildman–Crippen LogP) is 3.71. The van der Waals surface area contributed by atoms with E-state index in [1.807, 2.05) is 12.1 Å². The number of aromatic nitrogens is 2. The maximum Gasteiger partial charge on any atom is 0.243 e. The van der Waals surface area contributed by atoms with Crippen LogP contribution in [0.4, 0.5) is 5.82 Å². The molecule has 0 spiro atoms. The molecule has 6 nitrogen and oxygen atoms in total. The van der Waals surface area contributed by atoms with E-state index >= 15 is 0 Å². The lowest BCUT2D eigenvalue weighted by molar-refractivity contribution is 0.288. The van der Waals surface area contributed by atoms with Gasteiger partial charge in [0.2, 0.25) is 10.0 Å². The summed E-state index contributed by atoms with van der Waals surface area (Å²) >= 11 is 0. The van der Waals surface area contributed by atoms with Crippen molar-refractivity contribution < 1.29 is 8.42 Å². The molecule has 2 aliphatic rings.